The van der Waals surface area contributed by atoms with Gasteiger partial charge in [-0.05, 0) is 48.4 Å². The summed E-state index contributed by atoms with van der Waals surface area (Å²) in [5, 5.41) is 6.49. The van der Waals surface area contributed by atoms with Gasteiger partial charge in [0.2, 0.25) is 5.91 Å². The first-order valence-electron chi connectivity index (χ1n) is 7.69. The van der Waals surface area contributed by atoms with Crippen molar-refractivity contribution in [3.63, 3.8) is 0 Å². The highest BCUT2D eigenvalue weighted by atomic mass is 35.5. The lowest BCUT2D eigenvalue weighted by molar-refractivity contribution is -0.127. The Labute approximate surface area is 156 Å². The van der Waals surface area contributed by atoms with Crippen molar-refractivity contribution in [3.8, 4) is 5.75 Å². The number of ether oxygens (including phenoxy) is 1. The van der Waals surface area contributed by atoms with E-state index in [1.54, 1.807) is 30.3 Å². The summed E-state index contributed by atoms with van der Waals surface area (Å²) in [5.41, 5.74) is 1.04. The number of hydrogen-bond acceptors (Lipinski definition) is 3. The molecule has 0 aliphatic carbocycles. The number of benzene rings is 2. The summed E-state index contributed by atoms with van der Waals surface area (Å²) in [6, 6.07) is 14.1. The summed E-state index contributed by atoms with van der Waals surface area (Å²) in [6.45, 7) is 0.201. The molecule has 0 heterocycles. The lowest BCUT2D eigenvalue weighted by Crippen LogP contribution is -2.39. The predicted octanol–water partition coefficient (Wildman–Crippen LogP) is 2.85. The molecule has 0 saturated heterocycles. The molecular formula is C18H18Cl2N2O3. The van der Waals surface area contributed by atoms with Crippen molar-refractivity contribution in [1.29, 1.82) is 0 Å². The third-order valence-corrected chi connectivity index (χ3v) is 3.74. The van der Waals surface area contributed by atoms with Crippen LogP contribution in [0.25, 0.3) is 0 Å². The van der Waals surface area contributed by atoms with E-state index in [2.05, 4.69) is 10.6 Å². The number of nitrogens with one attached hydrogen (secondary N) is 2. The number of rotatable bonds is 8. The van der Waals surface area contributed by atoms with Crippen LogP contribution >= 0.6 is 23.2 Å². The third-order valence-electron chi connectivity index (χ3n) is 3.25. The lowest BCUT2D eigenvalue weighted by Gasteiger charge is -2.08. The molecule has 0 unspecified atom stereocenters. The third kappa shape index (κ3) is 7.45. The fraction of sp³-hybridized carbons (Fsp3) is 0.222. The van der Waals surface area contributed by atoms with Crippen LogP contribution in [-0.2, 0) is 16.0 Å². The lowest BCUT2D eigenvalue weighted by atomic mass is 10.1. The normalized spacial score (nSPS) is 10.2. The number of carbonyl (C=O) groups excluding carboxylic acids is 2. The molecule has 7 heteroatoms. The molecule has 0 spiro atoms. The summed E-state index contributed by atoms with van der Waals surface area (Å²) in [6.07, 6.45) is 0.667. The van der Waals surface area contributed by atoms with Crippen molar-refractivity contribution < 1.29 is 14.3 Å². The minimum absolute atomic E-state index is 0.0989. The Hall–Kier alpha value is -2.24. The van der Waals surface area contributed by atoms with E-state index in [4.69, 9.17) is 27.9 Å². The van der Waals surface area contributed by atoms with E-state index in [-0.39, 0.29) is 25.0 Å². The fourth-order valence-electron chi connectivity index (χ4n) is 2.01. The van der Waals surface area contributed by atoms with Gasteiger partial charge in [-0.2, -0.15) is 0 Å². The molecule has 2 amide bonds. The molecule has 0 aliphatic heterocycles. The van der Waals surface area contributed by atoms with Gasteiger partial charge in [-0.3, -0.25) is 9.59 Å². The molecule has 0 radical (unpaired) electrons. The van der Waals surface area contributed by atoms with Gasteiger partial charge in [0.05, 0.1) is 6.54 Å². The van der Waals surface area contributed by atoms with Crippen molar-refractivity contribution in [2.24, 2.45) is 0 Å². The molecule has 0 fully saturated rings. The number of hydrogen-bond donors (Lipinski definition) is 2. The largest absolute Gasteiger partial charge is 0.484 e. The fourth-order valence-corrected chi connectivity index (χ4v) is 2.35. The molecule has 0 aliphatic rings. The van der Waals surface area contributed by atoms with E-state index >= 15 is 0 Å². The van der Waals surface area contributed by atoms with Gasteiger partial charge in [0.1, 0.15) is 5.75 Å². The average molecular weight is 381 g/mol. The molecule has 0 atom stereocenters. The van der Waals surface area contributed by atoms with Gasteiger partial charge in [0.25, 0.3) is 5.91 Å². The molecule has 132 valence electrons. The maximum Gasteiger partial charge on any atom is 0.258 e. The maximum atomic E-state index is 11.7. The molecule has 25 heavy (non-hydrogen) atoms. The Balaban J connectivity index is 1.60. The van der Waals surface area contributed by atoms with Crippen LogP contribution in [0.15, 0.2) is 48.5 Å². The van der Waals surface area contributed by atoms with Gasteiger partial charge in [-0.25, -0.2) is 0 Å². The molecule has 2 N–H and O–H groups in total. The summed E-state index contributed by atoms with van der Waals surface area (Å²) < 4.78 is 5.29. The Morgan fingerprint density at radius 3 is 2.40 bits per heavy atom. The van der Waals surface area contributed by atoms with Crippen molar-refractivity contribution in [3.05, 3.63) is 64.1 Å². The van der Waals surface area contributed by atoms with Gasteiger partial charge in [0, 0.05) is 16.6 Å². The number of carbonyl (C=O) groups is 2. The van der Waals surface area contributed by atoms with Gasteiger partial charge in [-0.1, -0.05) is 35.3 Å². The minimum Gasteiger partial charge on any atom is -0.484 e. The number of amides is 2. The predicted molar refractivity (Wildman–Crippen MR) is 98.1 cm³/mol. The van der Waals surface area contributed by atoms with Gasteiger partial charge >= 0.3 is 0 Å². The first kappa shape index (κ1) is 19.1. The SMILES string of the molecule is O=C(CNC(=O)COc1ccc(Cl)cc1)NCCc1cccc(Cl)c1. The highest BCUT2D eigenvalue weighted by Gasteiger charge is 2.06. The van der Waals surface area contributed by atoms with Crippen molar-refractivity contribution in [1.82, 2.24) is 10.6 Å². The second-order valence-corrected chi connectivity index (χ2v) is 6.12. The molecule has 2 aromatic rings. The quantitative estimate of drug-likeness (QED) is 0.739. The summed E-state index contributed by atoms with van der Waals surface area (Å²) in [4.78, 5) is 23.4. The highest BCUT2D eigenvalue weighted by molar-refractivity contribution is 6.30. The van der Waals surface area contributed by atoms with Crippen LogP contribution in [0.4, 0.5) is 0 Å². The van der Waals surface area contributed by atoms with Gasteiger partial charge in [0.15, 0.2) is 6.61 Å². The van der Waals surface area contributed by atoms with Crippen LogP contribution in [0, 0.1) is 0 Å². The van der Waals surface area contributed by atoms with Crippen LogP contribution in [-0.4, -0.2) is 31.5 Å². The maximum absolute atomic E-state index is 11.7. The van der Waals surface area contributed by atoms with Crippen LogP contribution in [0.1, 0.15) is 5.56 Å². The van der Waals surface area contributed by atoms with Crippen molar-refractivity contribution in [2.75, 3.05) is 19.7 Å². The Bertz CT molecular complexity index is 721. The van der Waals surface area contributed by atoms with E-state index in [1.165, 1.54) is 0 Å². The summed E-state index contributed by atoms with van der Waals surface area (Å²) in [5.74, 6) is -0.104. The van der Waals surface area contributed by atoms with E-state index in [1.807, 2.05) is 18.2 Å². The highest BCUT2D eigenvalue weighted by Crippen LogP contribution is 2.15. The molecule has 2 rings (SSSR count). The monoisotopic (exact) mass is 380 g/mol. The van der Waals surface area contributed by atoms with Gasteiger partial charge < -0.3 is 15.4 Å². The second kappa shape index (κ2) is 9.91. The van der Waals surface area contributed by atoms with E-state index in [9.17, 15) is 9.59 Å². The molecule has 0 aromatic heterocycles. The standard InChI is InChI=1S/C18H18Cl2N2O3/c19-14-4-6-16(7-5-14)25-12-18(24)22-11-17(23)21-9-8-13-2-1-3-15(20)10-13/h1-7,10H,8-9,11-12H2,(H,21,23)(H,22,24). The van der Waals surface area contributed by atoms with E-state index in [0.29, 0.717) is 28.8 Å². The second-order valence-electron chi connectivity index (χ2n) is 5.25. The topological polar surface area (TPSA) is 67.4 Å². The Morgan fingerprint density at radius 1 is 0.920 bits per heavy atom. The Morgan fingerprint density at radius 2 is 1.68 bits per heavy atom. The van der Waals surface area contributed by atoms with Crippen LogP contribution in [0.2, 0.25) is 10.0 Å². The molecule has 5 nitrogen and oxygen atoms in total. The van der Waals surface area contributed by atoms with Crippen molar-refractivity contribution >= 4 is 35.0 Å². The summed E-state index contributed by atoms with van der Waals surface area (Å²) >= 11 is 11.7. The first-order chi connectivity index (χ1) is 12.0. The average Bonchev–Trinajstić information content (AvgIpc) is 2.59. The zero-order chi connectivity index (χ0) is 18.1. The van der Waals surface area contributed by atoms with Crippen molar-refractivity contribution in [2.45, 2.75) is 6.42 Å². The molecule has 0 bridgehead atoms. The smallest absolute Gasteiger partial charge is 0.258 e. The molecule has 0 saturated carbocycles. The zero-order valence-electron chi connectivity index (χ0n) is 13.4. The van der Waals surface area contributed by atoms with Crippen LogP contribution in [0.5, 0.6) is 5.75 Å². The Kier molecular flexibility index (Phi) is 7.57. The number of halogens is 2. The van der Waals surface area contributed by atoms with Crippen LogP contribution in [0.3, 0.4) is 0 Å². The molecular weight excluding hydrogens is 363 g/mol. The summed E-state index contributed by atoms with van der Waals surface area (Å²) in [7, 11) is 0. The van der Waals surface area contributed by atoms with E-state index in [0.717, 1.165) is 5.56 Å². The van der Waals surface area contributed by atoms with Crippen LogP contribution < -0.4 is 15.4 Å². The minimum atomic E-state index is -0.375. The van der Waals surface area contributed by atoms with E-state index < -0.39 is 0 Å². The first-order valence-corrected chi connectivity index (χ1v) is 8.45. The zero-order valence-corrected chi connectivity index (χ0v) is 14.9. The van der Waals surface area contributed by atoms with Gasteiger partial charge in [-0.15, -0.1) is 0 Å². The molecule has 2 aromatic carbocycles.